The molecule has 2 aliphatic carbocycles. The molecule has 152 valence electrons. The molecule has 0 spiro atoms. The Labute approximate surface area is 170 Å². The molecule has 29 heavy (non-hydrogen) atoms. The highest BCUT2D eigenvalue weighted by Crippen LogP contribution is 2.39. The maximum Gasteiger partial charge on any atom is 0.258 e. The summed E-state index contributed by atoms with van der Waals surface area (Å²) in [7, 11) is -3.22. The molecule has 1 aromatic heterocycles. The van der Waals surface area contributed by atoms with Crippen molar-refractivity contribution in [3.63, 3.8) is 0 Å². The summed E-state index contributed by atoms with van der Waals surface area (Å²) in [4.78, 5) is 21.6. The molecular weight excluding hydrogens is 390 g/mol. The number of hydrogen-bond donors (Lipinski definition) is 1. The van der Waals surface area contributed by atoms with Gasteiger partial charge >= 0.3 is 0 Å². The van der Waals surface area contributed by atoms with E-state index >= 15 is 0 Å². The van der Waals surface area contributed by atoms with Crippen molar-refractivity contribution in [2.75, 3.05) is 0 Å². The first kappa shape index (κ1) is 19.6. The molecule has 0 aliphatic heterocycles. The van der Waals surface area contributed by atoms with E-state index in [-0.39, 0.29) is 16.7 Å². The van der Waals surface area contributed by atoms with Crippen molar-refractivity contribution in [2.45, 2.75) is 49.8 Å². The van der Waals surface area contributed by atoms with Gasteiger partial charge in [0.25, 0.3) is 5.91 Å². The monoisotopic (exact) mass is 413 g/mol. The number of hydrogen-bond acceptors (Lipinski definition) is 6. The van der Waals surface area contributed by atoms with Gasteiger partial charge in [-0.15, -0.1) is 0 Å². The molecule has 1 N–H and O–H groups in total. The van der Waals surface area contributed by atoms with E-state index in [2.05, 4.69) is 15.3 Å². The topological polar surface area (TPSA) is 98.2 Å². The van der Waals surface area contributed by atoms with E-state index in [1.54, 1.807) is 19.1 Å². The first-order valence-electron chi connectivity index (χ1n) is 9.75. The van der Waals surface area contributed by atoms with Crippen molar-refractivity contribution in [1.82, 2.24) is 15.3 Å². The predicted molar refractivity (Wildman–Crippen MR) is 109 cm³/mol. The number of ether oxygens (including phenoxy) is 1. The second kappa shape index (κ2) is 7.94. The smallest absolute Gasteiger partial charge is 0.258 e. The number of sulfone groups is 1. The Morgan fingerprint density at radius 2 is 1.93 bits per heavy atom. The Bertz CT molecular complexity index is 1030. The van der Waals surface area contributed by atoms with E-state index in [0.29, 0.717) is 30.3 Å². The maximum atomic E-state index is 12.8. The van der Waals surface area contributed by atoms with Crippen LogP contribution in [0.5, 0.6) is 11.6 Å². The van der Waals surface area contributed by atoms with Crippen LogP contribution in [0, 0.1) is 0 Å². The summed E-state index contributed by atoms with van der Waals surface area (Å²) < 4.78 is 29.8. The fraction of sp³-hybridized carbons (Fsp3) is 0.381. The van der Waals surface area contributed by atoms with Gasteiger partial charge < -0.3 is 10.1 Å². The first-order valence-corrected chi connectivity index (χ1v) is 11.4. The van der Waals surface area contributed by atoms with Crippen LogP contribution in [0.15, 0.2) is 48.0 Å². The minimum absolute atomic E-state index is 0.201. The molecule has 0 radical (unpaired) electrons. The Kier molecular flexibility index (Phi) is 5.36. The van der Waals surface area contributed by atoms with Crippen LogP contribution in [-0.4, -0.2) is 35.6 Å². The molecule has 0 bridgehead atoms. The molecule has 7 nitrogen and oxygen atoms in total. The summed E-state index contributed by atoms with van der Waals surface area (Å²) in [6, 6.07) is 8.66. The highest BCUT2D eigenvalue weighted by molar-refractivity contribution is 7.95. The van der Waals surface area contributed by atoms with Gasteiger partial charge in [-0.25, -0.2) is 13.4 Å². The van der Waals surface area contributed by atoms with Crippen LogP contribution in [0.25, 0.3) is 0 Å². The average molecular weight is 413 g/mol. The lowest BCUT2D eigenvalue weighted by Crippen LogP contribution is -2.32. The molecule has 0 saturated heterocycles. The summed E-state index contributed by atoms with van der Waals surface area (Å²) in [5.74, 6) is 1.35. The SMILES string of the molecule is C[C@@H](/C=C/S(=O)(=O)C1CC1)NC(=O)c1cnc(C2CC2)nc1Oc1ccccc1. The molecule has 2 aromatic rings. The largest absolute Gasteiger partial charge is 0.438 e. The number of benzene rings is 1. The van der Waals surface area contributed by atoms with Crippen molar-refractivity contribution in [3.05, 3.63) is 59.4 Å². The lowest BCUT2D eigenvalue weighted by atomic mass is 10.2. The van der Waals surface area contributed by atoms with Gasteiger partial charge in [-0.2, -0.15) is 4.98 Å². The molecule has 2 saturated carbocycles. The number of carbonyl (C=O) groups excluding carboxylic acids is 1. The van der Waals surface area contributed by atoms with Gasteiger partial charge in [0.1, 0.15) is 17.1 Å². The van der Waals surface area contributed by atoms with Gasteiger partial charge in [-0.3, -0.25) is 4.79 Å². The normalized spacial score (nSPS) is 17.8. The summed E-state index contributed by atoms with van der Waals surface area (Å²) in [5.41, 5.74) is 0.212. The number of nitrogens with one attached hydrogen (secondary N) is 1. The molecule has 1 aromatic carbocycles. The highest BCUT2D eigenvalue weighted by Gasteiger charge is 2.33. The Morgan fingerprint density at radius 1 is 1.21 bits per heavy atom. The van der Waals surface area contributed by atoms with Crippen molar-refractivity contribution in [2.24, 2.45) is 0 Å². The zero-order chi connectivity index (χ0) is 20.4. The van der Waals surface area contributed by atoms with Crippen LogP contribution in [0.1, 0.15) is 54.7 Å². The number of amides is 1. The Balaban J connectivity index is 1.51. The zero-order valence-electron chi connectivity index (χ0n) is 16.1. The van der Waals surface area contributed by atoms with E-state index < -0.39 is 21.8 Å². The minimum Gasteiger partial charge on any atom is -0.438 e. The van der Waals surface area contributed by atoms with Crippen LogP contribution in [0.4, 0.5) is 0 Å². The molecule has 0 unspecified atom stereocenters. The molecule has 8 heteroatoms. The summed E-state index contributed by atoms with van der Waals surface area (Å²) in [6.07, 6.45) is 6.45. The molecule has 2 aliphatic rings. The fourth-order valence-electron chi connectivity index (χ4n) is 2.82. The first-order chi connectivity index (χ1) is 13.9. The van der Waals surface area contributed by atoms with E-state index in [9.17, 15) is 13.2 Å². The number of rotatable bonds is 8. The van der Waals surface area contributed by atoms with Crippen LogP contribution in [0.2, 0.25) is 0 Å². The van der Waals surface area contributed by atoms with Crippen molar-refractivity contribution in [1.29, 1.82) is 0 Å². The van der Waals surface area contributed by atoms with E-state index in [1.807, 2.05) is 18.2 Å². The molecule has 2 fully saturated rings. The Morgan fingerprint density at radius 3 is 2.59 bits per heavy atom. The lowest BCUT2D eigenvalue weighted by molar-refractivity contribution is 0.0943. The van der Waals surface area contributed by atoms with Gasteiger partial charge in [-0.05, 0) is 44.7 Å². The molecule has 4 rings (SSSR count). The standard InChI is InChI=1S/C21H23N3O4S/c1-14(11-12-29(26,27)17-9-10-17)23-20(25)18-13-22-19(15-7-8-15)24-21(18)28-16-5-3-2-4-6-16/h2-6,11-15,17H,7-10H2,1H3,(H,23,25)/b12-11+/t14-/m0/s1. The van der Waals surface area contributed by atoms with Crippen LogP contribution in [-0.2, 0) is 9.84 Å². The third-order valence-electron chi connectivity index (χ3n) is 4.82. The highest BCUT2D eigenvalue weighted by atomic mass is 32.2. The Hall–Kier alpha value is -2.74. The van der Waals surface area contributed by atoms with Gasteiger partial charge in [-0.1, -0.05) is 24.3 Å². The van der Waals surface area contributed by atoms with Crippen LogP contribution in [0.3, 0.4) is 0 Å². The number of para-hydroxylation sites is 1. The zero-order valence-corrected chi connectivity index (χ0v) is 16.9. The fourth-order valence-corrected chi connectivity index (χ4v) is 4.29. The van der Waals surface area contributed by atoms with Crippen molar-refractivity contribution < 1.29 is 17.9 Å². The summed E-state index contributed by atoms with van der Waals surface area (Å²) >= 11 is 0. The van der Waals surface area contributed by atoms with Gasteiger partial charge in [0.2, 0.25) is 5.88 Å². The second-order valence-electron chi connectivity index (χ2n) is 7.52. The maximum absolute atomic E-state index is 12.8. The van der Waals surface area contributed by atoms with Gasteiger partial charge in [0.15, 0.2) is 9.84 Å². The number of nitrogens with zero attached hydrogens (tertiary/aromatic N) is 2. The number of carbonyl (C=O) groups is 1. The van der Waals surface area contributed by atoms with E-state index in [4.69, 9.17) is 4.74 Å². The summed E-state index contributed by atoms with van der Waals surface area (Å²) in [5, 5.41) is 3.70. The third-order valence-corrected chi connectivity index (χ3v) is 6.76. The van der Waals surface area contributed by atoms with Crippen LogP contribution >= 0.6 is 0 Å². The minimum atomic E-state index is -3.22. The lowest BCUT2D eigenvalue weighted by Gasteiger charge is -2.13. The van der Waals surface area contributed by atoms with Gasteiger partial charge in [0, 0.05) is 23.6 Å². The molecule has 1 atom stereocenters. The second-order valence-corrected chi connectivity index (χ2v) is 9.63. The molecule has 1 amide bonds. The molecule has 1 heterocycles. The predicted octanol–water partition coefficient (Wildman–Crippen LogP) is 3.36. The van der Waals surface area contributed by atoms with Crippen molar-refractivity contribution in [3.8, 4) is 11.6 Å². The third kappa shape index (κ3) is 5.00. The summed E-state index contributed by atoms with van der Waals surface area (Å²) in [6.45, 7) is 1.72. The number of aromatic nitrogens is 2. The van der Waals surface area contributed by atoms with Gasteiger partial charge in [0.05, 0.1) is 5.25 Å². The van der Waals surface area contributed by atoms with E-state index in [0.717, 1.165) is 12.8 Å². The van der Waals surface area contributed by atoms with E-state index in [1.165, 1.54) is 17.7 Å². The molecular formula is C21H23N3O4S. The average Bonchev–Trinajstić information content (AvgIpc) is 3.58. The quantitative estimate of drug-likeness (QED) is 0.713. The van der Waals surface area contributed by atoms with Crippen LogP contribution < -0.4 is 10.1 Å². The van der Waals surface area contributed by atoms with Crippen molar-refractivity contribution >= 4 is 15.7 Å².